The summed E-state index contributed by atoms with van der Waals surface area (Å²) >= 11 is 0. The average Bonchev–Trinajstić information content (AvgIpc) is 3.05. The highest BCUT2D eigenvalue weighted by Gasteiger charge is 2.24. The highest BCUT2D eigenvalue weighted by molar-refractivity contribution is 5.76. The minimum absolute atomic E-state index is 0.204. The minimum atomic E-state index is 0.204. The molecule has 2 aliphatic rings. The maximum Gasteiger partial charge on any atom is 0.220 e. The Hall–Kier alpha value is -0.870. The van der Waals surface area contributed by atoms with Gasteiger partial charge in [0.1, 0.15) is 0 Å². The Kier molecular flexibility index (Phi) is 5.86. The molecule has 0 spiro atoms. The average molecular weight is 266 g/mol. The molecule has 1 saturated heterocycles. The van der Waals surface area contributed by atoms with E-state index < -0.39 is 0 Å². The largest absolute Gasteiger partial charge is 0.383 e. The summed E-state index contributed by atoms with van der Waals surface area (Å²) in [5, 5.41) is 3.10. The van der Waals surface area contributed by atoms with Crippen LogP contribution in [0.15, 0.2) is 12.2 Å². The second-order valence-electron chi connectivity index (χ2n) is 5.60. The number of hydrogen-bond donors (Lipinski definition) is 1. The Morgan fingerprint density at radius 2 is 2.37 bits per heavy atom. The number of hydrogen-bond acceptors (Lipinski definition) is 3. The molecule has 0 aromatic heterocycles. The lowest BCUT2D eigenvalue weighted by Crippen LogP contribution is -2.41. The summed E-state index contributed by atoms with van der Waals surface area (Å²) in [6.07, 6.45) is 9.70. The van der Waals surface area contributed by atoms with E-state index in [1.54, 1.807) is 7.11 Å². The molecule has 1 fully saturated rings. The van der Waals surface area contributed by atoms with Crippen LogP contribution in [0.2, 0.25) is 0 Å². The first-order chi connectivity index (χ1) is 9.29. The molecule has 0 aromatic carbocycles. The van der Waals surface area contributed by atoms with Crippen LogP contribution >= 0.6 is 0 Å². The smallest absolute Gasteiger partial charge is 0.220 e. The highest BCUT2D eigenvalue weighted by Crippen LogP contribution is 2.20. The van der Waals surface area contributed by atoms with Gasteiger partial charge in [0.25, 0.3) is 0 Å². The van der Waals surface area contributed by atoms with Crippen molar-refractivity contribution in [2.24, 2.45) is 5.92 Å². The molecule has 2 atom stereocenters. The molecule has 19 heavy (non-hydrogen) atoms. The van der Waals surface area contributed by atoms with Gasteiger partial charge in [-0.15, -0.1) is 0 Å². The quantitative estimate of drug-likeness (QED) is 0.711. The van der Waals surface area contributed by atoms with Crippen LogP contribution in [-0.4, -0.2) is 50.2 Å². The summed E-state index contributed by atoms with van der Waals surface area (Å²) in [5.41, 5.74) is 0. The van der Waals surface area contributed by atoms with Crippen LogP contribution in [-0.2, 0) is 9.53 Å². The van der Waals surface area contributed by atoms with Crippen molar-refractivity contribution < 1.29 is 9.53 Å². The number of amides is 1. The second-order valence-corrected chi connectivity index (χ2v) is 5.60. The van der Waals surface area contributed by atoms with Crippen molar-refractivity contribution in [3.63, 3.8) is 0 Å². The van der Waals surface area contributed by atoms with Crippen molar-refractivity contribution in [2.45, 2.75) is 38.1 Å². The van der Waals surface area contributed by atoms with Crippen LogP contribution in [0.4, 0.5) is 0 Å². The van der Waals surface area contributed by atoms with Gasteiger partial charge in [-0.25, -0.2) is 0 Å². The number of likely N-dealkylation sites (tertiary alicyclic amines) is 1. The molecular formula is C15H26N2O2. The van der Waals surface area contributed by atoms with Gasteiger partial charge in [-0.05, 0) is 38.1 Å². The fraction of sp³-hybridized carbons (Fsp3) is 0.800. The Morgan fingerprint density at radius 3 is 3.11 bits per heavy atom. The number of methoxy groups -OCH3 is 1. The molecule has 1 aliphatic heterocycles. The van der Waals surface area contributed by atoms with Crippen LogP contribution in [0.25, 0.3) is 0 Å². The van der Waals surface area contributed by atoms with E-state index in [4.69, 9.17) is 4.74 Å². The standard InChI is InChI=1S/C15H26N2O2/c1-19-10-9-17-8-4-7-14(17)12-16-15(18)11-13-5-2-3-6-13/h2,5,13-14H,3-4,6-12H2,1H3,(H,16,18)/t13-,14-/m1/s1. The second kappa shape index (κ2) is 7.65. The van der Waals surface area contributed by atoms with E-state index in [2.05, 4.69) is 22.4 Å². The SMILES string of the molecule is COCCN1CCC[C@@H]1CNC(=O)C[C@@H]1C=CCC1. The molecular weight excluding hydrogens is 240 g/mol. The first-order valence-corrected chi connectivity index (χ1v) is 7.46. The molecule has 108 valence electrons. The number of allylic oxidation sites excluding steroid dienone is 2. The zero-order valence-corrected chi connectivity index (χ0v) is 11.9. The summed E-state index contributed by atoms with van der Waals surface area (Å²) in [6, 6.07) is 0.498. The summed E-state index contributed by atoms with van der Waals surface area (Å²) in [6.45, 7) is 3.67. The van der Waals surface area contributed by atoms with E-state index in [1.165, 1.54) is 12.8 Å². The van der Waals surface area contributed by atoms with E-state index in [9.17, 15) is 4.79 Å². The maximum atomic E-state index is 11.9. The molecule has 4 heteroatoms. The number of rotatable bonds is 7. The monoisotopic (exact) mass is 266 g/mol. The van der Waals surface area contributed by atoms with Crippen molar-refractivity contribution >= 4 is 5.91 Å². The van der Waals surface area contributed by atoms with Crippen LogP contribution in [0.5, 0.6) is 0 Å². The van der Waals surface area contributed by atoms with Crippen LogP contribution in [0, 0.1) is 5.92 Å². The number of ether oxygens (including phenoxy) is 1. The van der Waals surface area contributed by atoms with Crippen molar-refractivity contribution in [3.8, 4) is 0 Å². The Morgan fingerprint density at radius 1 is 1.47 bits per heavy atom. The van der Waals surface area contributed by atoms with Gasteiger partial charge in [-0.1, -0.05) is 12.2 Å². The molecule has 1 amide bonds. The summed E-state index contributed by atoms with van der Waals surface area (Å²) in [4.78, 5) is 14.3. The van der Waals surface area contributed by atoms with E-state index in [0.717, 1.165) is 39.1 Å². The number of nitrogens with zero attached hydrogens (tertiary/aromatic N) is 1. The first kappa shape index (κ1) is 14.5. The first-order valence-electron chi connectivity index (χ1n) is 7.46. The lowest BCUT2D eigenvalue weighted by Gasteiger charge is -2.24. The van der Waals surface area contributed by atoms with E-state index in [1.807, 2.05) is 0 Å². The lowest BCUT2D eigenvalue weighted by molar-refractivity contribution is -0.121. The molecule has 4 nitrogen and oxygen atoms in total. The summed E-state index contributed by atoms with van der Waals surface area (Å²) < 4.78 is 5.13. The number of nitrogens with one attached hydrogen (secondary N) is 1. The molecule has 0 bridgehead atoms. The van der Waals surface area contributed by atoms with Gasteiger partial charge in [0.15, 0.2) is 0 Å². The van der Waals surface area contributed by atoms with Gasteiger partial charge in [0.05, 0.1) is 6.61 Å². The predicted octanol–water partition coefficient (Wildman–Crippen LogP) is 1.57. The van der Waals surface area contributed by atoms with Gasteiger partial charge >= 0.3 is 0 Å². The Balaban J connectivity index is 1.65. The Labute approximate surface area is 116 Å². The normalized spacial score (nSPS) is 27.0. The van der Waals surface area contributed by atoms with E-state index in [0.29, 0.717) is 18.4 Å². The fourth-order valence-corrected chi connectivity index (χ4v) is 3.04. The topological polar surface area (TPSA) is 41.6 Å². The molecule has 1 N–H and O–H groups in total. The van der Waals surface area contributed by atoms with Gasteiger partial charge in [-0.2, -0.15) is 0 Å². The van der Waals surface area contributed by atoms with Crippen molar-refractivity contribution in [1.82, 2.24) is 10.2 Å². The maximum absolute atomic E-state index is 11.9. The summed E-state index contributed by atoms with van der Waals surface area (Å²) in [7, 11) is 1.74. The molecule has 1 aliphatic carbocycles. The van der Waals surface area contributed by atoms with Gasteiger partial charge in [0, 0.05) is 32.7 Å². The van der Waals surface area contributed by atoms with E-state index in [-0.39, 0.29) is 5.91 Å². The minimum Gasteiger partial charge on any atom is -0.383 e. The third-order valence-electron chi connectivity index (χ3n) is 4.18. The number of carbonyl (C=O) groups excluding carboxylic acids is 1. The van der Waals surface area contributed by atoms with Crippen molar-refractivity contribution in [3.05, 3.63) is 12.2 Å². The lowest BCUT2D eigenvalue weighted by atomic mass is 10.0. The number of carbonyl (C=O) groups is 1. The molecule has 1 heterocycles. The Bertz CT molecular complexity index is 317. The highest BCUT2D eigenvalue weighted by atomic mass is 16.5. The van der Waals surface area contributed by atoms with Gasteiger partial charge < -0.3 is 10.1 Å². The zero-order valence-electron chi connectivity index (χ0n) is 11.9. The van der Waals surface area contributed by atoms with Gasteiger partial charge in [-0.3, -0.25) is 9.69 Å². The fourth-order valence-electron chi connectivity index (χ4n) is 3.04. The molecule has 2 rings (SSSR count). The van der Waals surface area contributed by atoms with Gasteiger partial charge in [0.2, 0.25) is 5.91 Å². The van der Waals surface area contributed by atoms with Crippen LogP contribution in [0.3, 0.4) is 0 Å². The zero-order chi connectivity index (χ0) is 13.5. The van der Waals surface area contributed by atoms with Crippen molar-refractivity contribution in [1.29, 1.82) is 0 Å². The molecule has 0 unspecified atom stereocenters. The third kappa shape index (κ3) is 4.62. The molecule has 0 aromatic rings. The molecule has 0 radical (unpaired) electrons. The molecule has 0 saturated carbocycles. The van der Waals surface area contributed by atoms with Crippen LogP contribution < -0.4 is 5.32 Å². The summed E-state index contributed by atoms with van der Waals surface area (Å²) in [5.74, 6) is 0.670. The third-order valence-corrected chi connectivity index (χ3v) is 4.18. The predicted molar refractivity (Wildman–Crippen MR) is 76.0 cm³/mol. The van der Waals surface area contributed by atoms with Crippen LogP contribution in [0.1, 0.15) is 32.1 Å². The van der Waals surface area contributed by atoms with E-state index >= 15 is 0 Å². The van der Waals surface area contributed by atoms with Crippen molar-refractivity contribution in [2.75, 3.05) is 33.4 Å².